The Hall–Kier alpha value is -3.11. The maximum atomic E-state index is 13.4. The van der Waals surface area contributed by atoms with E-state index in [1.165, 1.54) is 0 Å². The van der Waals surface area contributed by atoms with Crippen molar-refractivity contribution < 1.29 is 20.8 Å². The lowest BCUT2D eigenvalue weighted by molar-refractivity contribution is -0.120. The minimum absolute atomic E-state index is 0. The Morgan fingerprint density at radius 3 is 2.63 bits per heavy atom. The number of ether oxygens (including phenoxy) is 2. The monoisotopic (exact) mass is 402 g/mol. The van der Waals surface area contributed by atoms with Crippen LogP contribution in [-0.4, -0.2) is 17.7 Å². The molecule has 3 aromatic rings. The van der Waals surface area contributed by atoms with Gasteiger partial charge in [-0.25, -0.2) is 0 Å². The molecule has 0 radical (unpaired) electrons. The number of aliphatic hydroxyl groups is 1. The molecule has 3 aromatic carbocycles. The Bertz CT molecular complexity index is 1130. The fourth-order valence-corrected chi connectivity index (χ4v) is 4.41. The molecule has 154 valence electrons. The second-order valence-electron chi connectivity index (χ2n) is 8.20. The first-order valence-electron chi connectivity index (χ1n) is 10.3. The maximum Gasteiger partial charge on any atom is 0.231 e. The van der Waals surface area contributed by atoms with E-state index in [1.54, 1.807) is 0 Å². The van der Waals surface area contributed by atoms with Crippen LogP contribution in [0.5, 0.6) is 11.5 Å². The van der Waals surface area contributed by atoms with Gasteiger partial charge in [-0.15, -0.1) is 0 Å². The van der Waals surface area contributed by atoms with E-state index < -0.39 is 5.41 Å². The van der Waals surface area contributed by atoms with Gasteiger partial charge >= 0.3 is 0 Å². The van der Waals surface area contributed by atoms with E-state index in [4.69, 9.17) is 9.47 Å². The Balaban J connectivity index is 0.00000231. The lowest BCUT2D eigenvalue weighted by Gasteiger charge is -2.17. The fourth-order valence-electron chi connectivity index (χ4n) is 4.41. The Morgan fingerprint density at radius 1 is 1.03 bits per heavy atom. The van der Waals surface area contributed by atoms with Crippen molar-refractivity contribution in [1.82, 2.24) is 0 Å². The van der Waals surface area contributed by atoms with Crippen LogP contribution in [0.4, 0.5) is 0 Å². The molecular weight excluding hydrogens is 376 g/mol. The first-order valence-corrected chi connectivity index (χ1v) is 10.3. The predicted octanol–water partition coefficient (Wildman–Crippen LogP) is 4.97. The smallest absolute Gasteiger partial charge is 0.231 e. The first-order chi connectivity index (χ1) is 14.6. The number of hydrogen-bond donors (Lipinski definition) is 1. The van der Waals surface area contributed by atoms with Crippen LogP contribution in [0.2, 0.25) is 0 Å². The maximum absolute atomic E-state index is 13.4. The van der Waals surface area contributed by atoms with Gasteiger partial charge in [0.2, 0.25) is 6.79 Å². The van der Waals surface area contributed by atoms with Gasteiger partial charge in [0.05, 0.1) is 12.0 Å². The van der Waals surface area contributed by atoms with Gasteiger partial charge in [-0.1, -0.05) is 42.5 Å². The van der Waals surface area contributed by atoms with E-state index in [1.807, 2.05) is 54.6 Å². The summed E-state index contributed by atoms with van der Waals surface area (Å²) in [5, 5.41) is 9.45. The Labute approximate surface area is 177 Å². The quantitative estimate of drug-likeness (QED) is 0.632. The highest BCUT2D eigenvalue weighted by Crippen LogP contribution is 2.51. The number of carbonyl (C=O) groups is 1. The van der Waals surface area contributed by atoms with E-state index in [0.717, 1.165) is 57.7 Å². The van der Waals surface area contributed by atoms with E-state index in [0.29, 0.717) is 6.42 Å². The molecule has 1 saturated carbocycles. The number of rotatable bonds is 6. The minimum Gasteiger partial charge on any atom is -0.454 e. The zero-order valence-corrected chi connectivity index (χ0v) is 17.0. The zero-order valence-electron chi connectivity index (χ0n) is 17.0. The van der Waals surface area contributed by atoms with Gasteiger partial charge in [0.1, 0.15) is 5.78 Å². The van der Waals surface area contributed by atoms with Crippen molar-refractivity contribution in [2.24, 2.45) is 0 Å². The second-order valence-corrected chi connectivity index (χ2v) is 8.20. The zero-order chi connectivity index (χ0) is 20.7. The second kappa shape index (κ2) is 7.29. The van der Waals surface area contributed by atoms with Crippen LogP contribution in [0.1, 0.15) is 36.5 Å². The third-order valence-corrected chi connectivity index (χ3v) is 6.43. The topological polar surface area (TPSA) is 55.8 Å². The first kappa shape index (κ1) is 18.9. The molecule has 0 atom stereocenters. The average molecular weight is 402 g/mol. The van der Waals surface area contributed by atoms with Crippen molar-refractivity contribution in [3.8, 4) is 22.6 Å². The average Bonchev–Trinajstić information content (AvgIpc) is 3.46. The van der Waals surface area contributed by atoms with Crippen molar-refractivity contribution in [2.45, 2.75) is 38.2 Å². The van der Waals surface area contributed by atoms with Crippen molar-refractivity contribution in [3.05, 3.63) is 82.9 Å². The van der Waals surface area contributed by atoms with E-state index in [9.17, 15) is 9.90 Å². The molecule has 1 N–H and O–H groups in total. The van der Waals surface area contributed by atoms with Crippen LogP contribution in [0, 0.1) is 6.92 Å². The molecule has 0 unspecified atom stereocenters. The molecule has 4 heteroatoms. The van der Waals surface area contributed by atoms with Crippen molar-refractivity contribution >= 4 is 5.78 Å². The third-order valence-electron chi connectivity index (χ3n) is 6.43. The lowest BCUT2D eigenvalue weighted by Crippen LogP contribution is -2.23. The fraction of sp³-hybridized carbons (Fsp3) is 0.269. The normalized spacial score (nSPS) is 15.8. The Kier molecular flexibility index (Phi) is 4.59. The number of carbonyl (C=O) groups excluding carboxylic acids is 1. The highest BCUT2D eigenvalue weighted by Gasteiger charge is 2.50. The predicted molar refractivity (Wildman–Crippen MR) is 117 cm³/mol. The summed E-state index contributed by atoms with van der Waals surface area (Å²) < 4.78 is 10.9. The lowest BCUT2D eigenvalue weighted by atomic mass is 9.85. The summed E-state index contributed by atoms with van der Waals surface area (Å²) in [5.41, 5.74) is 5.84. The molecule has 4 nitrogen and oxygen atoms in total. The molecule has 0 spiro atoms. The van der Waals surface area contributed by atoms with E-state index >= 15 is 0 Å². The third kappa shape index (κ3) is 3.17. The summed E-state index contributed by atoms with van der Waals surface area (Å²) in [6, 6.07) is 19.9. The SMILES string of the molecule is Cc1c(CC(=O)C2(c3ccc4c(c3)OCO4)CC2)cccc1-c1cccc(CO)c1.[HH]. The molecule has 1 fully saturated rings. The molecule has 2 aliphatic rings. The Morgan fingerprint density at radius 2 is 1.83 bits per heavy atom. The van der Waals surface area contributed by atoms with Crippen molar-refractivity contribution in [1.29, 1.82) is 0 Å². The van der Waals surface area contributed by atoms with Gasteiger partial charge in [0, 0.05) is 7.85 Å². The summed E-state index contributed by atoms with van der Waals surface area (Å²) in [5.74, 6) is 1.73. The van der Waals surface area contributed by atoms with E-state index in [2.05, 4.69) is 13.0 Å². The molecule has 0 aromatic heterocycles. The highest BCUT2D eigenvalue weighted by atomic mass is 16.7. The minimum atomic E-state index is -0.403. The molecule has 1 aliphatic heterocycles. The van der Waals surface area contributed by atoms with Gasteiger partial charge in [-0.3, -0.25) is 4.79 Å². The highest BCUT2D eigenvalue weighted by molar-refractivity contribution is 5.95. The number of aliphatic hydroxyl groups excluding tert-OH is 1. The van der Waals surface area contributed by atoms with E-state index in [-0.39, 0.29) is 20.6 Å². The summed E-state index contributed by atoms with van der Waals surface area (Å²) in [7, 11) is 0. The van der Waals surface area contributed by atoms with Gasteiger partial charge in [-0.05, 0) is 71.3 Å². The summed E-state index contributed by atoms with van der Waals surface area (Å²) in [4.78, 5) is 13.4. The summed E-state index contributed by atoms with van der Waals surface area (Å²) in [6.07, 6.45) is 2.17. The van der Waals surface area contributed by atoms with Crippen molar-refractivity contribution in [2.75, 3.05) is 6.79 Å². The van der Waals surface area contributed by atoms with Crippen LogP contribution in [0.25, 0.3) is 11.1 Å². The van der Waals surface area contributed by atoms with Gasteiger partial charge in [0.15, 0.2) is 11.5 Å². The molecule has 1 aliphatic carbocycles. The standard InChI is InChI=1S/C26H24O4.H2/c1-17-19(5-3-7-22(17)20-6-2-4-18(12-20)15-27)13-25(28)26(10-11-26)21-8-9-23-24(14-21)30-16-29-23;/h2-9,12,14,27H,10-11,13,15-16H2,1H3;1H. The number of Topliss-reactive ketones (excluding diaryl/α,β-unsaturated/α-hetero) is 1. The number of fused-ring (bicyclic) bond motifs is 1. The summed E-state index contributed by atoms with van der Waals surface area (Å²) in [6.45, 7) is 2.33. The molecule has 0 saturated heterocycles. The van der Waals surface area contributed by atoms with Crippen LogP contribution in [-0.2, 0) is 23.2 Å². The number of hydrogen-bond acceptors (Lipinski definition) is 4. The molecular formula is C26H26O4. The van der Waals surface area contributed by atoms with Crippen LogP contribution < -0.4 is 9.47 Å². The van der Waals surface area contributed by atoms with Gasteiger partial charge < -0.3 is 14.6 Å². The number of ketones is 1. The molecule has 1 heterocycles. The largest absolute Gasteiger partial charge is 0.454 e. The summed E-state index contributed by atoms with van der Waals surface area (Å²) >= 11 is 0. The number of benzene rings is 3. The van der Waals surface area contributed by atoms with Crippen LogP contribution in [0.3, 0.4) is 0 Å². The van der Waals surface area contributed by atoms with Gasteiger partial charge in [0.25, 0.3) is 0 Å². The molecule has 30 heavy (non-hydrogen) atoms. The molecule has 5 rings (SSSR count). The molecule has 0 amide bonds. The van der Waals surface area contributed by atoms with Gasteiger partial charge in [-0.2, -0.15) is 0 Å². The van der Waals surface area contributed by atoms with Crippen molar-refractivity contribution in [3.63, 3.8) is 0 Å². The van der Waals surface area contributed by atoms with Crippen LogP contribution in [0.15, 0.2) is 60.7 Å². The molecule has 0 bridgehead atoms. The van der Waals surface area contributed by atoms with Crippen LogP contribution >= 0.6 is 0 Å².